The van der Waals surface area contributed by atoms with Crippen LogP contribution in [0.25, 0.3) is 11.0 Å². The number of pyridine rings is 1. The molecule has 0 radical (unpaired) electrons. The summed E-state index contributed by atoms with van der Waals surface area (Å²) in [4.78, 5) is 19.2. The van der Waals surface area contributed by atoms with Crippen LogP contribution in [0.1, 0.15) is 35.8 Å². The molecule has 0 aliphatic carbocycles. The Morgan fingerprint density at radius 3 is 3.22 bits per heavy atom. The lowest BCUT2D eigenvalue weighted by molar-refractivity contribution is 0.0904. The standard InChI is InChI=1S/C18H19N3O2/c1-2-3-13-11-23-17-7-16(19-8-15(13)17)18(22)20-14-6-12-4-5-21(9-12)10-14/h7-8,11-12,14H,4-6,9-10H2,1H3,(H,20,22)/t12-,14+/m0/s1. The lowest BCUT2D eigenvalue weighted by Gasteiger charge is -2.30. The van der Waals surface area contributed by atoms with Crippen molar-refractivity contribution in [3.8, 4) is 11.8 Å². The smallest absolute Gasteiger partial charge is 0.270 e. The zero-order valence-corrected chi connectivity index (χ0v) is 13.1. The molecule has 1 amide bonds. The van der Waals surface area contributed by atoms with Crippen LogP contribution in [-0.2, 0) is 0 Å². The van der Waals surface area contributed by atoms with Crippen LogP contribution in [0.15, 0.2) is 22.9 Å². The minimum Gasteiger partial charge on any atom is -0.463 e. The van der Waals surface area contributed by atoms with Crippen molar-refractivity contribution in [3.05, 3.63) is 29.8 Å². The predicted octanol–water partition coefficient (Wildman–Crippen LogP) is 2.02. The van der Waals surface area contributed by atoms with Crippen molar-refractivity contribution in [2.45, 2.75) is 25.8 Å². The molecule has 0 spiro atoms. The lowest BCUT2D eigenvalue weighted by Crippen LogP contribution is -2.47. The Bertz CT molecular complexity index is 803. The van der Waals surface area contributed by atoms with Crippen LogP contribution >= 0.6 is 0 Å². The number of carbonyl (C=O) groups excluding carboxylic acids is 1. The zero-order valence-electron chi connectivity index (χ0n) is 13.1. The molecule has 5 heteroatoms. The molecule has 2 aliphatic rings. The second-order valence-electron chi connectivity index (χ2n) is 6.41. The molecule has 4 heterocycles. The Hall–Kier alpha value is -2.32. The fraction of sp³-hybridized carbons (Fsp3) is 0.444. The van der Waals surface area contributed by atoms with Crippen molar-refractivity contribution in [1.29, 1.82) is 0 Å². The Morgan fingerprint density at radius 1 is 1.48 bits per heavy atom. The summed E-state index contributed by atoms with van der Waals surface area (Å²) in [5.74, 6) is 6.42. The molecule has 2 bridgehead atoms. The van der Waals surface area contributed by atoms with E-state index in [4.69, 9.17) is 4.42 Å². The van der Waals surface area contributed by atoms with Gasteiger partial charge in [-0.15, -0.1) is 5.92 Å². The second-order valence-corrected chi connectivity index (χ2v) is 6.41. The van der Waals surface area contributed by atoms with Gasteiger partial charge in [0.1, 0.15) is 17.5 Å². The molecule has 2 aromatic rings. The van der Waals surface area contributed by atoms with Crippen LogP contribution in [0.5, 0.6) is 0 Å². The first-order valence-electron chi connectivity index (χ1n) is 8.06. The van der Waals surface area contributed by atoms with E-state index in [1.807, 2.05) is 0 Å². The van der Waals surface area contributed by atoms with E-state index in [1.165, 1.54) is 13.0 Å². The number of nitrogens with zero attached hydrogens (tertiary/aromatic N) is 2. The average molecular weight is 309 g/mol. The molecule has 1 N–H and O–H groups in total. The lowest BCUT2D eigenvalue weighted by atomic mass is 9.97. The fourth-order valence-electron chi connectivity index (χ4n) is 3.70. The fourth-order valence-corrected chi connectivity index (χ4v) is 3.70. The number of fused-ring (bicyclic) bond motifs is 3. The Balaban J connectivity index is 1.51. The third kappa shape index (κ3) is 2.71. The highest BCUT2D eigenvalue weighted by molar-refractivity contribution is 5.96. The van der Waals surface area contributed by atoms with E-state index >= 15 is 0 Å². The number of carbonyl (C=O) groups is 1. The Morgan fingerprint density at radius 2 is 2.39 bits per heavy atom. The maximum Gasteiger partial charge on any atom is 0.270 e. The topological polar surface area (TPSA) is 58.4 Å². The first-order chi connectivity index (χ1) is 11.2. The van der Waals surface area contributed by atoms with Gasteiger partial charge in [0.2, 0.25) is 0 Å². The van der Waals surface area contributed by atoms with Gasteiger partial charge in [0, 0.05) is 31.4 Å². The third-order valence-electron chi connectivity index (χ3n) is 4.75. The van der Waals surface area contributed by atoms with Crippen molar-refractivity contribution >= 4 is 16.9 Å². The van der Waals surface area contributed by atoms with Gasteiger partial charge in [0.05, 0.1) is 10.9 Å². The number of hydrogen-bond donors (Lipinski definition) is 1. The van der Waals surface area contributed by atoms with Crippen molar-refractivity contribution in [2.24, 2.45) is 5.92 Å². The van der Waals surface area contributed by atoms with Gasteiger partial charge in [-0.2, -0.15) is 0 Å². The van der Waals surface area contributed by atoms with Gasteiger partial charge in [-0.1, -0.05) is 5.92 Å². The highest BCUT2D eigenvalue weighted by Gasteiger charge is 2.33. The average Bonchev–Trinajstić information content (AvgIpc) is 3.10. The van der Waals surface area contributed by atoms with Gasteiger partial charge >= 0.3 is 0 Å². The molecule has 2 aliphatic heterocycles. The largest absolute Gasteiger partial charge is 0.463 e. The van der Waals surface area contributed by atoms with Crippen LogP contribution in [0.3, 0.4) is 0 Å². The summed E-state index contributed by atoms with van der Waals surface area (Å²) in [5, 5.41) is 3.97. The van der Waals surface area contributed by atoms with Gasteiger partial charge < -0.3 is 14.6 Å². The molecule has 5 nitrogen and oxygen atoms in total. The van der Waals surface area contributed by atoms with E-state index in [-0.39, 0.29) is 11.9 Å². The maximum atomic E-state index is 12.5. The summed E-state index contributed by atoms with van der Waals surface area (Å²) < 4.78 is 5.50. The van der Waals surface area contributed by atoms with E-state index in [0.717, 1.165) is 36.4 Å². The monoisotopic (exact) mass is 309 g/mol. The summed E-state index contributed by atoms with van der Waals surface area (Å²) in [5.41, 5.74) is 1.85. The number of hydrogen-bond acceptors (Lipinski definition) is 4. The number of piperidine rings is 1. The molecule has 4 rings (SSSR count). The highest BCUT2D eigenvalue weighted by Crippen LogP contribution is 2.27. The molecule has 2 aromatic heterocycles. The van der Waals surface area contributed by atoms with Crippen LogP contribution < -0.4 is 5.32 Å². The van der Waals surface area contributed by atoms with Gasteiger partial charge in [0.15, 0.2) is 0 Å². The Kier molecular flexibility index (Phi) is 3.55. The predicted molar refractivity (Wildman–Crippen MR) is 87.0 cm³/mol. The summed E-state index contributed by atoms with van der Waals surface area (Å²) in [6, 6.07) is 1.92. The van der Waals surface area contributed by atoms with E-state index in [2.05, 4.69) is 27.0 Å². The van der Waals surface area contributed by atoms with Crippen LogP contribution in [0.4, 0.5) is 0 Å². The molecule has 0 saturated carbocycles. The van der Waals surface area contributed by atoms with Crippen molar-refractivity contribution in [3.63, 3.8) is 0 Å². The summed E-state index contributed by atoms with van der Waals surface area (Å²) >= 11 is 0. The normalized spacial score (nSPS) is 25.9. The number of rotatable bonds is 2. The van der Waals surface area contributed by atoms with Crippen LogP contribution in [0, 0.1) is 17.8 Å². The molecule has 118 valence electrons. The quantitative estimate of drug-likeness (QED) is 0.862. The third-order valence-corrected chi connectivity index (χ3v) is 4.75. The second kappa shape index (κ2) is 5.71. The summed E-state index contributed by atoms with van der Waals surface area (Å²) in [6.07, 6.45) is 5.60. The molecule has 2 saturated heterocycles. The van der Waals surface area contributed by atoms with E-state index in [9.17, 15) is 4.79 Å². The highest BCUT2D eigenvalue weighted by atomic mass is 16.3. The first-order valence-corrected chi connectivity index (χ1v) is 8.06. The van der Waals surface area contributed by atoms with Crippen LogP contribution in [0.2, 0.25) is 0 Å². The molecule has 0 aromatic carbocycles. The molecular weight excluding hydrogens is 290 g/mol. The molecular formula is C18H19N3O2. The SMILES string of the molecule is CC#Cc1coc2cc(C(=O)N[C@@H]3C[C@@H]4CCN(C4)C3)ncc12. The zero-order chi connectivity index (χ0) is 15.8. The van der Waals surface area contributed by atoms with E-state index < -0.39 is 0 Å². The summed E-state index contributed by atoms with van der Waals surface area (Å²) in [6.45, 7) is 5.07. The van der Waals surface area contributed by atoms with Crippen molar-refractivity contribution in [2.75, 3.05) is 19.6 Å². The first kappa shape index (κ1) is 14.3. The number of furan rings is 1. The molecule has 2 fully saturated rings. The van der Waals surface area contributed by atoms with E-state index in [0.29, 0.717) is 11.3 Å². The maximum absolute atomic E-state index is 12.5. The minimum atomic E-state index is -0.126. The summed E-state index contributed by atoms with van der Waals surface area (Å²) in [7, 11) is 0. The number of aromatic nitrogens is 1. The molecule has 1 unspecified atom stereocenters. The number of amides is 1. The van der Waals surface area contributed by atoms with E-state index in [1.54, 1.807) is 25.5 Å². The molecule has 23 heavy (non-hydrogen) atoms. The van der Waals surface area contributed by atoms with Gasteiger partial charge in [0.25, 0.3) is 5.91 Å². The molecule has 3 atom stereocenters. The van der Waals surface area contributed by atoms with Gasteiger partial charge in [-0.05, 0) is 32.2 Å². The Labute approximate surface area is 135 Å². The van der Waals surface area contributed by atoms with Gasteiger partial charge in [-0.3, -0.25) is 9.78 Å². The van der Waals surface area contributed by atoms with Crippen molar-refractivity contribution < 1.29 is 9.21 Å². The van der Waals surface area contributed by atoms with Crippen LogP contribution in [-0.4, -0.2) is 41.5 Å². The number of nitrogens with one attached hydrogen (secondary N) is 1. The minimum absolute atomic E-state index is 0.126. The van der Waals surface area contributed by atoms with Crippen molar-refractivity contribution in [1.82, 2.24) is 15.2 Å². The van der Waals surface area contributed by atoms with Gasteiger partial charge in [-0.25, -0.2) is 0 Å².